The molecule has 4 nitrogen and oxygen atoms in total. The largest absolute Gasteiger partial charge is 0.495 e. The summed E-state index contributed by atoms with van der Waals surface area (Å²) in [5.41, 5.74) is 5.88. The number of hydrogen-bond donors (Lipinski definition) is 1. The Morgan fingerprint density at radius 2 is 1.71 bits per heavy atom. The number of rotatable bonds is 4. The summed E-state index contributed by atoms with van der Waals surface area (Å²) in [6.45, 7) is 0. The molecule has 1 heterocycles. The van der Waals surface area contributed by atoms with Gasteiger partial charge in [-0.15, -0.1) is 0 Å². The van der Waals surface area contributed by atoms with Crippen LogP contribution in [0.1, 0.15) is 40.7 Å². The number of benzene rings is 2. The fraction of sp³-hybridized carbons (Fsp3) is 0.250. The van der Waals surface area contributed by atoms with Gasteiger partial charge in [0, 0.05) is 17.3 Å². The predicted octanol–water partition coefficient (Wildman–Crippen LogP) is 5.28. The highest BCUT2D eigenvalue weighted by atomic mass is 16.5. The van der Waals surface area contributed by atoms with Crippen molar-refractivity contribution in [3.05, 3.63) is 77.5 Å². The second-order valence-electron chi connectivity index (χ2n) is 7.13. The lowest BCUT2D eigenvalue weighted by Gasteiger charge is -2.15. The van der Waals surface area contributed by atoms with Gasteiger partial charge in [-0.2, -0.15) is 0 Å². The maximum atomic E-state index is 12.8. The van der Waals surface area contributed by atoms with Crippen LogP contribution in [0.25, 0.3) is 11.3 Å². The zero-order valence-electron chi connectivity index (χ0n) is 16.1. The number of aromatic nitrogens is 1. The zero-order valence-corrected chi connectivity index (χ0v) is 16.1. The smallest absolute Gasteiger partial charge is 0.255 e. The van der Waals surface area contributed by atoms with Crippen molar-refractivity contribution in [1.82, 2.24) is 4.98 Å². The number of ether oxygens (including phenoxy) is 1. The Labute approximate surface area is 165 Å². The third-order valence-corrected chi connectivity index (χ3v) is 5.27. The third-order valence-electron chi connectivity index (χ3n) is 5.27. The molecule has 0 radical (unpaired) electrons. The van der Waals surface area contributed by atoms with Gasteiger partial charge < -0.3 is 10.1 Å². The van der Waals surface area contributed by atoms with Gasteiger partial charge >= 0.3 is 0 Å². The van der Waals surface area contributed by atoms with E-state index in [4.69, 9.17) is 4.74 Å². The number of hydrogen-bond acceptors (Lipinski definition) is 3. The minimum atomic E-state index is -0.139. The SMILES string of the molecule is COc1cc2c(cc1NC(=O)c1ccc(-c3ccccn3)cc1)CCCCC2. The zero-order chi connectivity index (χ0) is 19.3. The molecule has 28 heavy (non-hydrogen) atoms. The summed E-state index contributed by atoms with van der Waals surface area (Å²) in [5.74, 6) is 0.582. The van der Waals surface area contributed by atoms with Crippen LogP contribution in [0.3, 0.4) is 0 Å². The number of carbonyl (C=O) groups is 1. The van der Waals surface area contributed by atoms with Crippen molar-refractivity contribution >= 4 is 11.6 Å². The molecule has 4 rings (SSSR count). The maximum absolute atomic E-state index is 12.8. The molecule has 0 bridgehead atoms. The number of amides is 1. The maximum Gasteiger partial charge on any atom is 0.255 e. The molecule has 2 aromatic carbocycles. The molecular weight excluding hydrogens is 348 g/mol. The Kier molecular flexibility index (Phi) is 5.38. The molecule has 0 fully saturated rings. The lowest BCUT2D eigenvalue weighted by atomic mass is 10.0. The van der Waals surface area contributed by atoms with E-state index in [-0.39, 0.29) is 5.91 Å². The summed E-state index contributed by atoms with van der Waals surface area (Å²) in [5, 5.41) is 3.03. The molecule has 0 saturated carbocycles. The first-order valence-electron chi connectivity index (χ1n) is 9.77. The lowest BCUT2D eigenvalue weighted by Crippen LogP contribution is -2.13. The molecule has 0 aliphatic heterocycles. The number of methoxy groups -OCH3 is 1. The van der Waals surface area contributed by atoms with Crippen molar-refractivity contribution in [2.45, 2.75) is 32.1 Å². The monoisotopic (exact) mass is 372 g/mol. The van der Waals surface area contributed by atoms with E-state index in [0.29, 0.717) is 5.56 Å². The Balaban J connectivity index is 1.55. The van der Waals surface area contributed by atoms with E-state index in [0.717, 1.165) is 35.5 Å². The summed E-state index contributed by atoms with van der Waals surface area (Å²) in [6, 6.07) is 17.5. The molecule has 0 spiro atoms. The van der Waals surface area contributed by atoms with Gasteiger partial charge in [-0.05, 0) is 73.2 Å². The standard InChI is InChI=1S/C24H24N2O2/c1-28-23-16-20-8-4-2-3-7-19(20)15-22(23)26-24(27)18-12-10-17(11-13-18)21-9-5-6-14-25-21/h5-6,9-16H,2-4,7-8H2,1H3,(H,26,27). The van der Waals surface area contributed by atoms with Crippen molar-refractivity contribution in [2.75, 3.05) is 12.4 Å². The second kappa shape index (κ2) is 8.26. The first-order chi connectivity index (χ1) is 13.7. The molecule has 142 valence electrons. The summed E-state index contributed by atoms with van der Waals surface area (Å²) in [7, 11) is 1.65. The Bertz CT molecular complexity index is 966. The third kappa shape index (κ3) is 3.91. The highest BCUT2D eigenvalue weighted by Crippen LogP contribution is 2.32. The van der Waals surface area contributed by atoms with Crippen molar-refractivity contribution < 1.29 is 9.53 Å². The van der Waals surface area contributed by atoms with E-state index in [1.165, 1.54) is 30.4 Å². The Hall–Kier alpha value is -3.14. The second-order valence-corrected chi connectivity index (χ2v) is 7.13. The van der Waals surface area contributed by atoms with Gasteiger partial charge in [-0.25, -0.2) is 0 Å². The molecule has 0 unspecified atom stereocenters. The minimum absolute atomic E-state index is 0.139. The van der Waals surface area contributed by atoms with Gasteiger partial charge in [0.1, 0.15) is 5.75 Å². The van der Waals surface area contributed by atoms with Gasteiger partial charge in [0.05, 0.1) is 18.5 Å². The number of anilines is 1. The first kappa shape index (κ1) is 18.2. The van der Waals surface area contributed by atoms with E-state index in [1.54, 1.807) is 13.3 Å². The van der Waals surface area contributed by atoms with Crippen LogP contribution < -0.4 is 10.1 Å². The fourth-order valence-electron chi connectivity index (χ4n) is 3.73. The van der Waals surface area contributed by atoms with Gasteiger partial charge in [-0.3, -0.25) is 9.78 Å². The van der Waals surface area contributed by atoms with Crippen LogP contribution in [0.4, 0.5) is 5.69 Å². The fourth-order valence-corrected chi connectivity index (χ4v) is 3.73. The number of carbonyl (C=O) groups excluding carboxylic acids is 1. The van der Waals surface area contributed by atoms with Crippen LogP contribution in [0.15, 0.2) is 60.8 Å². The van der Waals surface area contributed by atoms with Gasteiger partial charge in [0.25, 0.3) is 5.91 Å². The van der Waals surface area contributed by atoms with Crippen LogP contribution in [0, 0.1) is 0 Å². The minimum Gasteiger partial charge on any atom is -0.495 e. The van der Waals surface area contributed by atoms with Crippen LogP contribution in [-0.4, -0.2) is 18.0 Å². The molecule has 4 heteroatoms. The molecule has 0 saturated heterocycles. The Morgan fingerprint density at radius 3 is 2.39 bits per heavy atom. The quantitative estimate of drug-likeness (QED) is 0.634. The van der Waals surface area contributed by atoms with Gasteiger partial charge in [-0.1, -0.05) is 24.6 Å². The van der Waals surface area contributed by atoms with Gasteiger partial charge in [0.2, 0.25) is 0 Å². The number of aryl methyl sites for hydroxylation is 2. The molecule has 3 aromatic rings. The number of nitrogens with one attached hydrogen (secondary N) is 1. The normalized spacial score (nSPS) is 13.3. The topological polar surface area (TPSA) is 51.2 Å². The van der Waals surface area contributed by atoms with Crippen LogP contribution in [0.2, 0.25) is 0 Å². The summed E-state index contributed by atoms with van der Waals surface area (Å²) in [6.07, 6.45) is 7.56. The highest BCUT2D eigenvalue weighted by Gasteiger charge is 2.15. The van der Waals surface area contributed by atoms with Crippen molar-refractivity contribution in [3.8, 4) is 17.0 Å². The molecular formula is C24H24N2O2. The van der Waals surface area contributed by atoms with E-state index < -0.39 is 0 Å². The van der Waals surface area contributed by atoms with Crippen molar-refractivity contribution in [1.29, 1.82) is 0 Å². The molecule has 1 N–H and O–H groups in total. The van der Waals surface area contributed by atoms with E-state index in [1.807, 2.05) is 42.5 Å². The average Bonchev–Trinajstić information content (AvgIpc) is 2.98. The van der Waals surface area contributed by atoms with Crippen molar-refractivity contribution in [3.63, 3.8) is 0 Å². The van der Waals surface area contributed by atoms with Crippen LogP contribution >= 0.6 is 0 Å². The predicted molar refractivity (Wildman–Crippen MR) is 112 cm³/mol. The average molecular weight is 372 g/mol. The number of nitrogens with zero attached hydrogens (tertiary/aromatic N) is 1. The van der Waals surface area contributed by atoms with Crippen LogP contribution in [0.5, 0.6) is 5.75 Å². The molecule has 1 aliphatic rings. The molecule has 1 aliphatic carbocycles. The van der Waals surface area contributed by atoms with Crippen molar-refractivity contribution in [2.24, 2.45) is 0 Å². The molecule has 1 amide bonds. The molecule has 1 aromatic heterocycles. The molecule has 0 atom stereocenters. The highest BCUT2D eigenvalue weighted by molar-refractivity contribution is 6.05. The summed E-state index contributed by atoms with van der Waals surface area (Å²) < 4.78 is 5.54. The first-order valence-corrected chi connectivity index (χ1v) is 9.77. The summed E-state index contributed by atoms with van der Waals surface area (Å²) in [4.78, 5) is 17.1. The van der Waals surface area contributed by atoms with Gasteiger partial charge in [0.15, 0.2) is 0 Å². The lowest BCUT2D eigenvalue weighted by molar-refractivity contribution is 0.102. The van der Waals surface area contributed by atoms with E-state index in [9.17, 15) is 4.79 Å². The van der Waals surface area contributed by atoms with E-state index in [2.05, 4.69) is 22.4 Å². The number of pyridine rings is 1. The number of fused-ring (bicyclic) bond motifs is 1. The van der Waals surface area contributed by atoms with Crippen LogP contribution in [-0.2, 0) is 12.8 Å². The Morgan fingerprint density at radius 1 is 0.964 bits per heavy atom. The summed E-state index contributed by atoms with van der Waals surface area (Å²) >= 11 is 0. The van der Waals surface area contributed by atoms with E-state index >= 15 is 0 Å².